The minimum absolute atomic E-state index is 0.0680. The van der Waals surface area contributed by atoms with E-state index in [1.165, 1.54) is 18.3 Å². The molecule has 0 saturated heterocycles. The molecule has 5 heteroatoms. The Balaban J connectivity index is 3.14. The average Bonchev–Trinajstić information content (AvgIpc) is 2.35. The first-order valence-corrected chi connectivity index (χ1v) is 4.80. The van der Waals surface area contributed by atoms with Crippen LogP contribution in [0.2, 0.25) is 0 Å². The van der Waals surface area contributed by atoms with Crippen LogP contribution in [0.25, 0.3) is 0 Å². The Morgan fingerprint density at radius 3 is 2.76 bits per heavy atom. The summed E-state index contributed by atoms with van der Waals surface area (Å²) in [6, 6.07) is 6.24. The molecule has 0 aliphatic carbocycles. The highest BCUT2D eigenvalue weighted by Crippen LogP contribution is 2.14. The predicted octanol–water partition coefficient (Wildman–Crippen LogP) is 1.29. The van der Waals surface area contributed by atoms with Crippen LogP contribution in [0, 0.1) is 16.7 Å². The third-order valence-electron chi connectivity index (χ3n) is 2.27. The Kier molecular flexibility index (Phi) is 4.01. The second-order valence-electron chi connectivity index (χ2n) is 3.35. The molecular weight excluding hydrogens is 218 g/mol. The quantitative estimate of drug-likeness (QED) is 0.675. The van der Waals surface area contributed by atoms with Crippen molar-refractivity contribution in [1.82, 2.24) is 0 Å². The Labute approximate surface area is 98.3 Å². The van der Waals surface area contributed by atoms with Gasteiger partial charge in [0.1, 0.15) is 0 Å². The van der Waals surface area contributed by atoms with Crippen molar-refractivity contribution < 1.29 is 9.90 Å². The van der Waals surface area contributed by atoms with Crippen LogP contribution in [0.15, 0.2) is 30.0 Å². The van der Waals surface area contributed by atoms with E-state index in [4.69, 9.17) is 21.5 Å². The van der Waals surface area contributed by atoms with Gasteiger partial charge in [0.05, 0.1) is 17.2 Å². The van der Waals surface area contributed by atoms with E-state index in [-0.39, 0.29) is 11.1 Å². The number of rotatable bonds is 4. The number of carbonyl (C=O) groups is 1. The number of carboxylic acid groups (broad SMARTS) is 1. The number of allylic oxidation sites excluding steroid dienone is 1. The van der Waals surface area contributed by atoms with Crippen molar-refractivity contribution in [2.75, 3.05) is 0 Å². The maximum Gasteiger partial charge on any atom is 0.335 e. The number of benzene rings is 1. The van der Waals surface area contributed by atoms with Crippen LogP contribution in [0.5, 0.6) is 0 Å². The smallest absolute Gasteiger partial charge is 0.335 e. The van der Waals surface area contributed by atoms with Gasteiger partial charge < -0.3 is 16.2 Å². The highest BCUT2D eigenvalue weighted by Gasteiger charge is 2.08. The van der Waals surface area contributed by atoms with Gasteiger partial charge in [-0.3, -0.25) is 0 Å². The van der Waals surface area contributed by atoms with Crippen molar-refractivity contribution in [2.24, 2.45) is 5.73 Å². The third-order valence-corrected chi connectivity index (χ3v) is 2.27. The minimum atomic E-state index is -1.07. The van der Waals surface area contributed by atoms with E-state index in [1.54, 1.807) is 6.07 Å². The SMILES string of the molecule is N#Cc1cc(C(=O)O)ccc1C/C(C=N)=C/N. The van der Waals surface area contributed by atoms with Crippen LogP contribution in [-0.2, 0) is 6.42 Å². The lowest BCUT2D eigenvalue weighted by molar-refractivity contribution is 0.0697. The minimum Gasteiger partial charge on any atom is -0.478 e. The lowest BCUT2D eigenvalue weighted by Crippen LogP contribution is -2.01. The van der Waals surface area contributed by atoms with Gasteiger partial charge in [-0.15, -0.1) is 0 Å². The van der Waals surface area contributed by atoms with Crippen molar-refractivity contribution in [1.29, 1.82) is 10.7 Å². The molecule has 17 heavy (non-hydrogen) atoms. The monoisotopic (exact) mass is 229 g/mol. The van der Waals surface area contributed by atoms with E-state index >= 15 is 0 Å². The molecule has 1 aromatic carbocycles. The van der Waals surface area contributed by atoms with Gasteiger partial charge in [-0.2, -0.15) is 5.26 Å². The summed E-state index contributed by atoms with van der Waals surface area (Å²) in [6.45, 7) is 0. The summed E-state index contributed by atoms with van der Waals surface area (Å²) in [5.41, 5.74) is 6.87. The zero-order valence-corrected chi connectivity index (χ0v) is 8.97. The van der Waals surface area contributed by atoms with E-state index < -0.39 is 5.97 Å². The van der Waals surface area contributed by atoms with E-state index in [9.17, 15) is 4.79 Å². The molecule has 0 aliphatic rings. The molecule has 0 bridgehead atoms. The zero-order chi connectivity index (χ0) is 12.8. The van der Waals surface area contributed by atoms with Crippen molar-refractivity contribution in [3.05, 3.63) is 46.7 Å². The summed E-state index contributed by atoms with van der Waals surface area (Å²) in [7, 11) is 0. The van der Waals surface area contributed by atoms with Gasteiger partial charge in [0, 0.05) is 12.6 Å². The number of hydrogen-bond acceptors (Lipinski definition) is 4. The fourth-order valence-electron chi connectivity index (χ4n) is 1.35. The second kappa shape index (κ2) is 5.47. The van der Waals surface area contributed by atoms with Crippen LogP contribution >= 0.6 is 0 Å². The normalized spacial score (nSPS) is 10.6. The molecule has 0 aromatic heterocycles. The molecule has 0 saturated carbocycles. The number of nitrogens with two attached hydrogens (primary N) is 1. The predicted molar refractivity (Wildman–Crippen MR) is 62.9 cm³/mol. The second-order valence-corrected chi connectivity index (χ2v) is 3.35. The van der Waals surface area contributed by atoms with Crippen LogP contribution < -0.4 is 5.73 Å². The number of nitrogens with one attached hydrogen (secondary N) is 1. The topological polar surface area (TPSA) is 111 Å². The van der Waals surface area contributed by atoms with Gasteiger partial charge in [-0.1, -0.05) is 6.07 Å². The van der Waals surface area contributed by atoms with E-state index in [1.807, 2.05) is 6.07 Å². The molecule has 1 rings (SSSR count). The van der Waals surface area contributed by atoms with Crippen molar-refractivity contribution >= 4 is 12.2 Å². The number of carboxylic acids is 1. The first kappa shape index (κ1) is 12.5. The van der Waals surface area contributed by atoms with Crippen molar-refractivity contribution in [3.8, 4) is 6.07 Å². The molecule has 0 amide bonds. The zero-order valence-electron chi connectivity index (χ0n) is 8.97. The van der Waals surface area contributed by atoms with Crippen LogP contribution in [0.4, 0.5) is 0 Å². The summed E-state index contributed by atoms with van der Waals surface area (Å²) >= 11 is 0. The standard InChI is InChI=1S/C12H11N3O2/c13-5-8(6-14)3-9-1-2-10(12(16)17)4-11(9)7-15/h1-2,4-6,13H,3,14H2,(H,16,17)/b8-6-,13-5?. The molecule has 0 fully saturated rings. The van der Waals surface area contributed by atoms with Crippen molar-refractivity contribution in [2.45, 2.75) is 6.42 Å². The Morgan fingerprint density at radius 1 is 1.59 bits per heavy atom. The summed E-state index contributed by atoms with van der Waals surface area (Å²) in [5.74, 6) is -1.07. The van der Waals surface area contributed by atoms with E-state index in [0.29, 0.717) is 17.6 Å². The molecule has 0 heterocycles. The van der Waals surface area contributed by atoms with E-state index in [0.717, 1.165) is 6.21 Å². The molecule has 86 valence electrons. The lowest BCUT2D eigenvalue weighted by Gasteiger charge is -2.05. The van der Waals surface area contributed by atoms with Gasteiger partial charge in [0.25, 0.3) is 0 Å². The first-order chi connectivity index (χ1) is 8.12. The molecule has 0 radical (unpaired) electrons. The average molecular weight is 229 g/mol. The van der Waals surface area contributed by atoms with Crippen molar-refractivity contribution in [3.63, 3.8) is 0 Å². The molecule has 0 unspecified atom stereocenters. The van der Waals surface area contributed by atoms with Gasteiger partial charge in [0.2, 0.25) is 0 Å². The molecule has 1 aromatic rings. The Bertz CT molecular complexity index is 527. The molecule has 0 spiro atoms. The highest BCUT2D eigenvalue weighted by molar-refractivity contribution is 5.88. The van der Waals surface area contributed by atoms with Crippen LogP contribution in [0.3, 0.4) is 0 Å². The van der Waals surface area contributed by atoms with Gasteiger partial charge in [0.15, 0.2) is 0 Å². The van der Waals surface area contributed by atoms with Crippen LogP contribution in [-0.4, -0.2) is 17.3 Å². The maximum absolute atomic E-state index is 10.7. The number of nitriles is 1. The Hall–Kier alpha value is -2.61. The Morgan fingerprint density at radius 2 is 2.29 bits per heavy atom. The summed E-state index contributed by atoms with van der Waals surface area (Å²) in [6.07, 6.45) is 2.73. The van der Waals surface area contributed by atoms with Gasteiger partial charge in [-0.25, -0.2) is 4.79 Å². The summed E-state index contributed by atoms with van der Waals surface area (Å²) in [4.78, 5) is 10.7. The lowest BCUT2D eigenvalue weighted by atomic mass is 9.99. The highest BCUT2D eigenvalue weighted by atomic mass is 16.4. The first-order valence-electron chi connectivity index (χ1n) is 4.80. The van der Waals surface area contributed by atoms with Crippen LogP contribution in [0.1, 0.15) is 21.5 Å². The largest absolute Gasteiger partial charge is 0.478 e. The summed E-state index contributed by atoms with van der Waals surface area (Å²) < 4.78 is 0. The molecule has 0 atom stereocenters. The fourth-order valence-corrected chi connectivity index (χ4v) is 1.35. The van der Waals surface area contributed by atoms with Gasteiger partial charge >= 0.3 is 5.97 Å². The summed E-state index contributed by atoms with van der Waals surface area (Å²) in [5, 5.41) is 24.8. The fraction of sp³-hybridized carbons (Fsp3) is 0.0833. The molecule has 0 aliphatic heterocycles. The number of nitrogens with zero attached hydrogens (tertiary/aromatic N) is 1. The van der Waals surface area contributed by atoms with Gasteiger partial charge in [-0.05, 0) is 29.5 Å². The molecular formula is C12H11N3O2. The number of aromatic carboxylic acids is 1. The maximum atomic E-state index is 10.7. The molecule has 4 N–H and O–H groups in total. The third kappa shape index (κ3) is 2.92. The number of hydrogen-bond donors (Lipinski definition) is 3. The molecule has 5 nitrogen and oxygen atoms in total. The van der Waals surface area contributed by atoms with E-state index in [2.05, 4.69) is 0 Å².